The van der Waals surface area contributed by atoms with Gasteiger partial charge in [-0.3, -0.25) is 9.79 Å². The fraction of sp³-hybridized carbons (Fsp3) is 0.118. The molecule has 0 spiro atoms. The smallest absolute Gasteiger partial charge is 0.265 e. The molecule has 1 N–H and O–H groups in total. The standard InChI is InChI=1S/C17H14Cl2N4O/c1-11-2-7-14(8-15(11)19)20-9-16-17(24)23(22-21-16)10-12-3-5-13(18)6-4-12/h2-9,22H,10H2,1H3. The van der Waals surface area contributed by atoms with Crippen LogP contribution in [0.15, 0.2) is 52.3 Å². The van der Waals surface area contributed by atoms with Gasteiger partial charge >= 0.3 is 0 Å². The summed E-state index contributed by atoms with van der Waals surface area (Å²) in [5.74, 6) is 0. The molecule has 0 aliphatic heterocycles. The molecule has 122 valence electrons. The maximum atomic E-state index is 12.3. The molecule has 0 amide bonds. The Balaban J connectivity index is 1.79. The quantitative estimate of drug-likeness (QED) is 0.715. The van der Waals surface area contributed by atoms with Crippen LogP contribution in [-0.4, -0.2) is 21.2 Å². The number of halogens is 2. The van der Waals surface area contributed by atoms with Crippen molar-refractivity contribution in [3.8, 4) is 0 Å². The minimum absolute atomic E-state index is 0.237. The minimum atomic E-state index is -0.244. The summed E-state index contributed by atoms with van der Waals surface area (Å²) in [7, 11) is 0. The van der Waals surface area contributed by atoms with Crippen LogP contribution in [0, 0.1) is 6.92 Å². The maximum absolute atomic E-state index is 12.3. The van der Waals surface area contributed by atoms with E-state index in [-0.39, 0.29) is 11.3 Å². The number of nitrogens with one attached hydrogen (secondary N) is 1. The number of hydrogen-bond acceptors (Lipinski definition) is 3. The van der Waals surface area contributed by atoms with E-state index in [1.807, 2.05) is 31.2 Å². The lowest BCUT2D eigenvalue weighted by Crippen LogP contribution is -2.19. The molecular weight excluding hydrogens is 347 g/mol. The summed E-state index contributed by atoms with van der Waals surface area (Å²) in [6.07, 6.45) is 1.43. The molecular formula is C17H14Cl2N4O. The van der Waals surface area contributed by atoms with Crippen LogP contribution in [0.1, 0.15) is 16.8 Å². The summed E-state index contributed by atoms with van der Waals surface area (Å²) in [4.78, 5) is 16.6. The van der Waals surface area contributed by atoms with Crippen LogP contribution in [0.25, 0.3) is 0 Å². The average molecular weight is 361 g/mol. The van der Waals surface area contributed by atoms with Gasteiger partial charge in [0.1, 0.15) is 0 Å². The van der Waals surface area contributed by atoms with Crippen LogP contribution in [0.4, 0.5) is 5.69 Å². The fourth-order valence-electron chi connectivity index (χ4n) is 2.11. The molecule has 2 aromatic carbocycles. The van der Waals surface area contributed by atoms with E-state index in [1.165, 1.54) is 10.9 Å². The van der Waals surface area contributed by atoms with Crippen molar-refractivity contribution in [2.24, 2.45) is 4.99 Å². The van der Waals surface area contributed by atoms with Gasteiger partial charge in [0.2, 0.25) is 0 Å². The highest BCUT2D eigenvalue weighted by Gasteiger charge is 2.06. The Hall–Kier alpha value is -2.37. The molecule has 3 aromatic rings. The highest BCUT2D eigenvalue weighted by Crippen LogP contribution is 2.21. The van der Waals surface area contributed by atoms with Crippen molar-refractivity contribution in [1.29, 1.82) is 0 Å². The topological polar surface area (TPSA) is 63.0 Å². The van der Waals surface area contributed by atoms with Gasteiger partial charge in [-0.25, -0.2) is 9.90 Å². The first-order valence-corrected chi connectivity index (χ1v) is 7.98. The SMILES string of the molecule is Cc1ccc(N=Cc2n[nH]n(Cc3ccc(Cl)cc3)c2=O)cc1Cl. The zero-order valence-electron chi connectivity index (χ0n) is 12.8. The van der Waals surface area contributed by atoms with E-state index >= 15 is 0 Å². The van der Waals surface area contributed by atoms with E-state index in [2.05, 4.69) is 15.3 Å². The molecule has 0 saturated heterocycles. The van der Waals surface area contributed by atoms with Crippen molar-refractivity contribution in [1.82, 2.24) is 15.0 Å². The van der Waals surface area contributed by atoms with Crippen LogP contribution in [0.2, 0.25) is 10.0 Å². The molecule has 0 saturated carbocycles. The van der Waals surface area contributed by atoms with Gasteiger partial charge in [0.25, 0.3) is 5.56 Å². The number of aliphatic imine (C=N–C) groups is 1. The molecule has 24 heavy (non-hydrogen) atoms. The Bertz CT molecular complexity index is 942. The third-order valence-corrected chi connectivity index (χ3v) is 4.16. The zero-order valence-corrected chi connectivity index (χ0v) is 14.3. The van der Waals surface area contributed by atoms with E-state index in [1.54, 1.807) is 18.2 Å². The average Bonchev–Trinajstić information content (AvgIpc) is 2.91. The van der Waals surface area contributed by atoms with Crippen molar-refractivity contribution in [3.05, 3.63) is 79.7 Å². The first-order chi connectivity index (χ1) is 11.5. The Kier molecular flexibility index (Phi) is 4.83. The lowest BCUT2D eigenvalue weighted by atomic mass is 10.2. The molecule has 0 unspecified atom stereocenters. The van der Waals surface area contributed by atoms with Gasteiger partial charge in [-0.15, -0.1) is 0 Å². The zero-order chi connectivity index (χ0) is 17.1. The number of benzene rings is 2. The molecule has 0 aliphatic carbocycles. The van der Waals surface area contributed by atoms with Crippen molar-refractivity contribution in [2.75, 3.05) is 0 Å². The van der Waals surface area contributed by atoms with E-state index in [0.717, 1.165) is 11.1 Å². The summed E-state index contributed by atoms with van der Waals surface area (Å²) in [5.41, 5.74) is 2.57. The molecule has 0 bridgehead atoms. The lowest BCUT2D eigenvalue weighted by Gasteiger charge is -2.00. The molecule has 0 fully saturated rings. The Labute approximate surface area is 148 Å². The number of aromatic nitrogens is 3. The maximum Gasteiger partial charge on any atom is 0.295 e. The Morgan fingerprint density at radius 3 is 2.67 bits per heavy atom. The van der Waals surface area contributed by atoms with Gasteiger partial charge in [-0.2, -0.15) is 5.10 Å². The van der Waals surface area contributed by atoms with Crippen molar-refractivity contribution in [2.45, 2.75) is 13.5 Å². The number of aryl methyl sites for hydroxylation is 1. The molecule has 7 heteroatoms. The second kappa shape index (κ2) is 7.03. The lowest BCUT2D eigenvalue weighted by molar-refractivity contribution is 0.632. The van der Waals surface area contributed by atoms with Crippen molar-refractivity contribution in [3.63, 3.8) is 0 Å². The third-order valence-electron chi connectivity index (χ3n) is 3.50. The highest BCUT2D eigenvalue weighted by atomic mass is 35.5. The minimum Gasteiger partial charge on any atom is -0.265 e. The predicted molar refractivity (Wildman–Crippen MR) is 96.8 cm³/mol. The fourth-order valence-corrected chi connectivity index (χ4v) is 2.41. The third kappa shape index (κ3) is 3.75. The predicted octanol–water partition coefficient (Wildman–Crippen LogP) is 3.99. The number of aromatic amines is 1. The second-order valence-corrected chi connectivity index (χ2v) is 6.15. The molecule has 0 atom stereocenters. The Morgan fingerprint density at radius 1 is 1.21 bits per heavy atom. The summed E-state index contributed by atoms with van der Waals surface area (Å²) >= 11 is 11.9. The normalized spacial score (nSPS) is 11.3. The van der Waals surface area contributed by atoms with E-state index < -0.39 is 0 Å². The largest absolute Gasteiger partial charge is 0.295 e. The van der Waals surface area contributed by atoms with Crippen LogP contribution < -0.4 is 5.56 Å². The van der Waals surface area contributed by atoms with Crippen LogP contribution >= 0.6 is 23.2 Å². The molecule has 1 aromatic heterocycles. The highest BCUT2D eigenvalue weighted by molar-refractivity contribution is 6.31. The monoisotopic (exact) mass is 360 g/mol. The first kappa shape index (κ1) is 16.5. The van der Waals surface area contributed by atoms with Gasteiger partial charge in [-0.1, -0.05) is 41.4 Å². The summed E-state index contributed by atoms with van der Waals surface area (Å²) < 4.78 is 1.41. The first-order valence-electron chi connectivity index (χ1n) is 7.23. The summed E-state index contributed by atoms with van der Waals surface area (Å²) in [5, 5.41) is 7.98. The molecule has 0 aliphatic rings. The summed E-state index contributed by atoms with van der Waals surface area (Å²) in [6.45, 7) is 2.30. The molecule has 0 radical (unpaired) electrons. The number of rotatable bonds is 4. The summed E-state index contributed by atoms with van der Waals surface area (Å²) in [6, 6.07) is 12.7. The van der Waals surface area contributed by atoms with E-state index in [9.17, 15) is 4.79 Å². The van der Waals surface area contributed by atoms with Gasteiger partial charge in [-0.05, 0) is 42.3 Å². The van der Waals surface area contributed by atoms with Crippen LogP contribution in [0.3, 0.4) is 0 Å². The van der Waals surface area contributed by atoms with Crippen molar-refractivity contribution < 1.29 is 0 Å². The molecule has 3 rings (SSSR count). The number of nitrogens with zero attached hydrogens (tertiary/aromatic N) is 3. The molecule has 1 heterocycles. The molecule has 5 nitrogen and oxygen atoms in total. The van der Waals surface area contributed by atoms with Crippen LogP contribution in [-0.2, 0) is 6.54 Å². The van der Waals surface area contributed by atoms with Crippen molar-refractivity contribution >= 4 is 35.1 Å². The second-order valence-electron chi connectivity index (χ2n) is 5.31. The van der Waals surface area contributed by atoms with E-state index in [0.29, 0.717) is 22.3 Å². The number of hydrogen-bond donors (Lipinski definition) is 1. The van der Waals surface area contributed by atoms with Gasteiger partial charge < -0.3 is 0 Å². The van der Waals surface area contributed by atoms with E-state index in [4.69, 9.17) is 23.2 Å². The van der Waals surface area contributed by atoms with Gasteiger partial charge in [0.15, 0.2) is 5.69 Å². The van der Waals surface area contributed by atoms with Crippen LogP contribution in [0.5, 0.6) is 0 Å². The van der Waals surface area contributed by atoms with Gasteiger partial charge in [0, 0.05) is 10.0 Å². The Morgan fingerprint density at radius 2 is 1.96 bits per heavy atom. The van der Waals surface area contributed by atoms with Gasteiger partial charge in [0.05, 0.1) is 18.4 Å². The number of H-pyrrole nitrogens is 1.